The maximum absolute atomic E-state index is 12.3. The van der Waals surface area contributed by atoms with Crippen LogP contribution in [0, 0.1) is 0 Å². The van der Waals surface area contributed by atoms with Gasteiger partial charge in [0.2, 0.25) is 0 Å². The van der Waals surface area contributed by atoms with E-state index in [4.69, 9.17) is 4.74 Å². The Kier molecular flexibility index (Phi) is 4.20. The van der Waals surface area contributed by atoms with Crippen LogP contribution >= 0.6 is 11.3 Å². The van der Waals surface area contributed by atoms with Crippen molar-refractivity contribution < 1.29 is 13.2 Å². The lowest BCUT2D eigenvalue weighted by molar-refractivity contribution is 0.406. The number of hydrogen-bond donors (Lipinski definition) is 1. The molecule has 6 nitrogen and oxygen atoms in total. The van der Waals surface area contributed by atoms with Crippen LogP contribution in [0.1, 0.15) is 26.5 Å². The molecule has 0 aromatic carbocycles. The molecule has 0 aliphatic carbocycles. The van der Waals surface area contributed by atoms with Gasteiger partial charge in [0, 0.05) is 5.41 Å². The quantitative estimate of drug-likeness (QED) is 0.933. The molecular weight excluding hydrogens is 310 g/mol. The minimum Gasteiger partial charge on any atom is -0.494 e. The smallest absolute Gasteiger partial charge is 0.276 e. The standard InChI is InChI=1S/C13H17N3O3S2/c1-13(2,3)10-5-6-11(15-14-10)16-21(17,18)12-9(19-4)7-8-20-12/h5-8H,1-4H3,(H,15,16). The first-order valence-electron chi connectivity index (χ1n) is 6.22. The van der Waals surface area contributed by atoms with Gasteiger partial charge >= 0.3 is 0 Å². The molecule has 2 aromatic heterocycles. The Morgan fingerprint density at radius 2 is 1.90 bits per heavy atom. The summed E-state index contributed by atoms with van der Waals surface area (Å²) in [4.78, 5) is 0. The lowest BCUT2D eigenvalue weighted by Crippen LogP contribution is -2.17. The van der Waals surface area contributed by atoms with E-state index in [-0.39, 0.29) is 15.4 Å². The van der Waals surface area contributed by atoms with Crippen LogP contribution in [0.3, 0.4) is 0 Å². The van der Waals surface area contributed by atoms with Crippen LogP contribution < -0.4 is 9.46 Å². The predicted octanol–water partition coefficient (Wildman–Crippen LogP) is 2.65. The van der Waals surface area contributed by atoms with Crippen molar-refractivity contribution in [3.8, 4) is 5.75 Å². The lowest BCUT2D eigenvalue weighted by atomic mass is 9.92. The number of nitrogens with one attached hydrogen (secondary N) is 1. The number of thiophene rings is 1. The molecule has 2 rings (SSSR count). The first-order valence-corrected chi connectivity index (χ1v) is 8.59. The van der Waals surface area contributed by atoms with Crippen LogP contribution in [0.25, 0.3) is 0 Å². The molecule has 0 aliphatic heterocycles. The van der Waals surface area contributed by atoms with E-state index in [1.54, 1.807) is 23.6 Å². The Balaban J connectivity index is 2.25. The van der Waals surface area contributed by atoms with Gasteiger partial charge in [-0.2, -0.15) is 5.10 Å². The Bertz CT molecular complexity index is 716. The van der Waals surface area contributed by atoms with Gasteiger partial charge in [-0.3, -0.25) is 4.72 Å². The average Bonchev–Trinajstić information content (AvgIpc) is 2.87. The molecule has 0 atom stereocenters. The fourth-order valence-electron chi connectivity index (χ4n) is 1.60. The van der Waals surface area contributed by atoms with Gasteiger partial charge in [0.1, 0.15) is 5.75 Å². The largest absolute Gasteiger partial charge is 0.494 e. The highest BCUT2D eigenvalue weighted by atomic mass is 32.2. The number of anilines is 1. The summed E-state index contributed by atoms with van der Waals surface area (Å²) >= 11 is 1.08. The maximum atomic E-state index is 12.3. The molecule has 8 heteroatoms. The number of aromatic nitrogens is 2. The van der Waals surface area contributed by atoms with Gasteiger partial charge in [-0.15, -0.1) is 16.4 Å². The number of hydrogen-bond acceptors (Lipinski definition) is 6. The van der Waals surface area contributed by atoms with Crippen molar-refractivity contribution in [3.63, 3.8) is 0 Å². The zero-order valence-electron chi connectivity index (χ0n) is 12.2. The van der Waals surface area contributed by atoms with E-state index in [1.165, 1.54) is 7.11 Å². The zero-order chi connectivity index (χ0) is 15.7. The van der Waals surface area contributed by atoms with Crippen molar-refractivity contribution in [2.75, 3.05) is 11.8 Å². The van der Waals surface area contributed by atoms with Crippen molar-refractivity contribution in [2.24, 2.45) is 0 Å². The van der Waals surface area contributed by atoms with Crippen LogP contribution in [-0.4, -0.2) is 25.7 Å². The molecule has 21 heavy (non-hydrogen) atoms. The highest BCUT2D eigenvalue weighted by Crippen LogP contribution is 2.30. The van der Waals surface area contributed by atoms with Crippen LogP contribution in [0.5, 0.6) is 5.75 Å². The maximum Gasteiger partial charge on any atom is 0.276 e. The normalized spacial score (nSPS) is 12.2. The molecular formula is C13H17N3O3S2. The summed E-state index contributed by atoms with van der Waals surface area (Å²) in [6.45, 7) is 6.03. The van der Waals surface area contributed by atoms with E-state index < -0.39 is 10.0 Å². The molecule has 0 fully saturated rings. The Morgan fingerprint density at radius 1 is 1.19 bits per heavy atom. The van der Waals surface area contributed by atoms with Gasteiger partial charge < -0.3 is 4.74 Å². The summed E-state index contributed by atoms with van der Waals surface area (Å²) in [5.74, 6) is 0.491. The van der Waals surface area contributed by atoms with Gasteiger partial charge in [-0.1, -0.05) is 20.8 Å². The van der Waals surface area contributed by atoms with E-state index in [2.05, 4.69) is 14.9 Å². The molecule has 114 valence electrons. The third-order valence-electron chi connectivity index (χ3n) is 2.73. The van der Waals surface area contributed by atoms with E-state index in [9.17, 15) is 8.42 Å². The van der Waals surface area contributed by atoms with Crippen LogP contribution in [0.4, 0.5) is 5.82 Å². The molecule has 0 bridgehead atoms. The summed E-state index contributed by atoms with van der Waals surface area (Å²) in [6.07, 6.45) is 0. The van der Waals surface area contributed by atoms with E-state index in [1.807, 2.05) is 20.8 Å². The minimum absolute atomic E-state index is 0.117. The highest BCUT2D eigenvalue weighted by molar-refractivity contribution is 7.94. The van der Waals surface area contributed by atoms with Gasteiger partial charge in [0.15, 0.2) is 10.0 Å². The van der Waals surface area contributed by atoms with Gasteiger partial charge in [0.05, 0.1) is 12.8 Å². The minimum atomic E-state index is -3.72. The first kappa shape index (κ1) is 15.7. The number of sulfonamides is 1. The third-order valence-corrected chi connectivity index (χ3v) is 5.53. The second kappa shape index (κ2) is 5.61. The monoisotopic (exact) mass is 327 g/mol. The fraction of sp³-hybridized carbons (Fsp3) is 0.385. The van der Waals surface area contributed by atoms with Crippen molar-refractivity contribution in [1.82, 2.24) is 10.2 Å². The zero-order valence-corrected chi connectivity index (χ0v) is 13.9. The second-order valence-corrected chi connectivity index (χ2v) is 8.23. The van der Waals surface area contributed by atoms with Crippen molar-refractivity contribution >= 4 is 27.2 Å². The summed E-state index contributed by atoms with van der Waals surface area (Å²) in [5, 5.41) is 9.63. The van der Waals surface area contributed by atoms with Gasteiger partial charge in [-0.25, -0.2) is 8.42 Å². The summed E-state index contributed by atoms with van der Waals surface area (Å²) in [7, 11) is -2.29. The van der Waals surface area contributed by atoms with Gasteiger partial charge in [-0.05, 0) is 23.6 Å². The molecule has 1 N–H and O–H groups in total. The van der Waals surface area contributed by atoms with E-state index in [0.29, 0.717) is 5.75 Å². The summed E-state index contributed by atoms with van der Waals surface area (Å²) in [5.41, 5.74) is 0.653. The van der Waals surface area contributed by atoms with Crippen LogP contribution in [-0.2, 0) is 15.4 Å². The SMILES string of the molecule is COc1ccsc1S(=O)(=O)Nc1ccc(C(C)(C)C)nn1. The molecule has 0 saturated carbocycles. The topological polar surface area (TPSA) is 81.2 Å². The molecule has 0 radical (unpaired) electrons. The average molecular weight is 327 g/mol. The van der Waals surface area contributed by atoms with Crippen LogP contribution in [0.2, 0.25) is 0 Å². The third kappa shape index (κ3) is 3.51. The first-order chi connectivity index (χ1) is 9.74. The van der Waals surface area contributed by atoms with E-state index in [0.717, 1.165) is 17.0 Å². The molecule has 0 spiro atoms. The Labute approximate surface area is 128 Å². The van der Waals surface area contributed by atoms with Crippen molar-refractivity contribution in [1.29, 1.82) is 0 Å². The molecule has 0 aliphatic rings. The van der Waals surface area contributed by atoms with Gasteiger partial charge in [0.25, 0.3) is 10.0 Å². The Morgan fingerprint density at radius 3 is 2.43 bits per heavy atom. The fourth-order valence-corrected chi connectivity index (χ4v) is 3.88. The number of nitrogens with zero attached hydrogens (tertiary/aromatic N) is 2. The molecule has 0 unspecified atom stereocenters. The number of rotatable bonds is 4. The summed E-state index contributed by atoms with van der Waals surface area (Å²) in [6, 6.07) is 4.97. The lowest BCUT2D eigenvalue weighted by Gasteiger charge is -2.16. The molecule has 0 amide bonds. The van der Waals surface area contributed by atoms with Crippen molar-refractivity contribution in [3.05, 3.63) is 29.3 Å². The molecule has 0 saturated heterocycles. The number of methoxy groups -OCH3 is 1. The van der Waals surface area contributed by atoms with Crippen molar-refractivity contribution in [2.45, 2.75) is 30.4 Å². The predicted molar refractivity (Wildman–Crippen MR) is 82.4 cm³/mol. The second-order valence-electron chi connectivity index (χ2n) is 5.44. The Hall–Kier alpha value is -1.67. The molecule has 2 heterocycles. The molecule has 2 aromatic rings. The van der Waals surface area contributed by atoms with E-state index >= 15 is 0 Å². The number of ether oxygens (including phenoxy) is 1. The highest BCUT2D eigenvalue weighted by Gasteiger charge is 2.22. The van der Waals surface area contributed by atoms with Crippen LogP contribution in [0.15, 0.2) is 27.8 Å². The summed E-state index contributed by atoms with van der Waals surface area (Å²) < 4.78 is 32.1.